The minimum absolute atomic E-state index is 0. The van der Waals surface area contributed by atoms with Crippen molar-refractivity contribution in [3.8, 4) is 17.3 Å². The summed E-state index contributed by atoms with van der Waals surface area (Å²) in [7, 11) is 1.64. The number of thiazole rings is 1. The second-order valence-corrected chi connectivity index (χ2v) is 6.68. The van der Waals surface area contributed by atoms with Gasteiger partial charge in [-0.2, -0.15) is 4.98 Å². The fourth-order valence-corrected chi connectivity index (χ4v) is 3.24. The van der Waals surface area contributed by atoms with Gasteiger partial charge in [-0.15, -0.1) is 23.7 Å². The largest absolute Gasteiger partial charge is 0.497 e. The molecule has 0 atom stereocenters. The third-order valence-electron chi connectivity index (χ3n) is 4.18. The van der Waals surface area contributed by atoms with Crippen LogP contribution in [0.1, 0.15) is 25.1 Å². The van der Waals surface area contributed by atoms with E-state index in [2.05, 4.69) is 20.4 Å². The molecule has 0 saturated heterocycles. The third kappa shape index (κ3) is 3.46. The van der Waals surface area contributed by atoms with E-state index in [0.29, 0.717) is 17.4 Å². The number of hydrogen-bond donors (Lipinski definition) is 2. The van der Waals surface area contributed by atoms with Crippen LogP contribution in [-0.2, 0) is 5.54 Å². The predicted octanol–water partition coefficient (Wildman–Crippen LogP) is 3.71. The van der Waals surface area contributed by atoms with Gasteiger partial charge in [-0.3, -0.25) is 0 Å². The van der Waals surface area contributed by atoms with Crippen molar-refractivity contribution >= 4 is 34.6 Å². The molecule has 3 N–H and O–H groups in total. The second-order valence-electron chi connectivity index (χ2n) is 5.82. The highest BCUT2D eigenvalue weighted by atomic mass is 35.5. The van der Waals surface area contributed by atoms with E-state index in [0.717, 1.165) is 35.8 Å². The standard InChI is InChI=1S/C16H17N5O2S.ClH/c1-22-11-5-3-10(4-6-11)18-15-19-12(9-24-15)13-20-14(21-23-13)16(17)7-2-8-16;/h3-6,9H,2,7-8,17H2,1H3,(H,18,19);1H. The molecule has 25 heavy (non-hydrogen) atoms. The number of ether oxygens (including phenoxy) is 1. The van der Waals surface area contributed by atoms with E-state index in [-0.39, 0.29) is 12.4 Å². The Labute approximate surface area is 155 Å². The summed E-state index contributed by atoms with van der Waals surface area (Å²) in [6.45, 7) is 0. The molecule has 1 fully saturated rings. The Hall–Kier alpha value is -2.16. The lowest BCUT2D eigenvalue weighted by atomic mass is 9.77. The fourth-order valence-electron chi connectivity index (χ4n) is 2.54. The number of nitrogens with zero attached hydrogens (tertiary/aromatic N) is 3. The molecule has 0 amide bonds. The molecule has 3 aromatic rings. The SMILES string of the molecule is COc1ccc(Nc2nc(-c3nc(C4(N)CCC4)no3)cs2)cc1.Cl. The van der Waals surface area contributed by atoms with Gasteiger partial charge < -0.3 is 20.3 Å². The maximum Gasteiger partial charge on any atom is 0.277 e. The molecule has 1 aromatic carbocycles. The quantitative estimate of drug-likeness (QED) is 0.697. The molecule has 9 heteroatoms. The van der Waals surface area contributed by atoms with E-state index in [4.69, 9.17) is 15.0 Å². The highest BCUT2D eigenvalue weighted by Crippen LogP contribution is 2.38. The van der Waals surface area contributed by atoms with Crippen LogP contribution in [0.2, 0.25) is 0 Å². The molecule has 0 spiro atoms. The van der Waals surface area contributed by atoms with E-state index < -0.39 is 5.54 Å². The Morgan fingerprint density at radius 3 is 2.64 bits per heavy atom. The summed E-state index contributed by atoms with van der Waals surface area (Å²) >= 11 is 1.47. The minimum atomic E-state index is -0.429. The monoisotopic (exact) mass is 379 g/mol. The summed E-state index contributed by atoms with van der Waals surface area (Å²) in [6, 6.07) is 7.64. The third-order valence-corrected chi connectivity index (χ3v) is 4.94. The van der Waals surface area contributed by atoms with Crippen LogP contribution in [0.3, 0.4) is 0 Å². The number of anilines is 2. The first-order chi connectivity index (χ1) is 11.7. The summed E-state index contributed by atoms with van der Waals surface area (Å²) in [5.41, 5.74) is 7.37. The molecule has 0 radical (unpaired) electrons. The van der Waals surface area contributed by atoms with Gasteiger partial charge in [0, 0.05) is 11.1 Å². The van der Waals surface area contributed by atoms with Crippen molar-refractivity contribution in [1.82, 2.24) is 15.1 Å². The van der Waals surface area contributed by atoms with Crippen LogP contribution in [0.15, 0.2) is 34.2 Å². The molecule has 132 valence electrons. The van der Waals surface area contributed by atoms with Crippen molar-refractivity contribution in [3.05, 3.63) is 35.5 Å². The summed E-state index contributed by atoms with van der Waals surface area (Å²) in [5.74, 6) is 1.78. The van der Waals surface area contributed by atoms with Crippen molar-refractivity contribution in [2.75, 3.05) is 12.4 Å². The Bertz CT molecular complexity index is 844. The first kappa shape index (κ1) is 17.7. The van der Waals surface area contributed by atoms with E-state index in [1.807, 2.05) is 29.6 Å². The minimum Gasteiger partial charge on any atom is -0.497 e. The Balaban J connectivity index is 0.00000182. The molecule has 1 aliphatic carbocycles. The molecule has 7 nitrogen and oxygen atoms in total. The highest BCUT2D eigenvalue weighted by molar-refractivity contribution is 7.14. The number of hydrogen-bond acceptors (Lipinski definition) is 8. The fraction of sp³-hybridized carbons (Fsp3) is 0.312. The molecule has 2 heterocycles. The van der Waals surface area contributed by atoms with Crippen LogP contribution in [0.25, 0.3) is 11.6 Å². The van der Waals surface area contributed by atoms with Crippen LogP contribution in [0.4, 0.5) is 10.8 Å². The number of nitrogens with one attached hydrogen (secondary N) is 1. The molecular weight excluding hydrogens is 362 g/mol. The Morgan fingerprint density at radius 2 is 2.00 bits per heavy atom. The summed E-state index contributed by atoms with van der Waals surface area (Å²) in [6.07, 6.45) is 2.90. The smallest absolute Gasteiger partial charge is 0.277 e. The van der Waals surface area contributed by atoms with Crippen LogP contribution < -0.4 is 15.8 Å². The molecular formula is C16H18ClN5O2S. The Morgan fingerprint density at radius 1 is 1.24 bits per heavy atom. The summed E-state index contributed by atoms with van der Waals surface area (Å²) in [5, 5.41) is 9.89. The summed E-state index contributed by atoms with van der Waals surface area (Å²) in [4.78, 5) is 8.91. The van der Waals surface area contributed by atoms with Gasteiger partial charge in [-0.25, -0.2) is 4.98 Å². The van der Waals surface area contributed by atoms with Gasteiger partial charge in [0.15, 0.2) is 11.0 Å². The number of rotatable bonds is 5. The van der Waals surface area contributed by atoms with Gasteiger partial charge in [-0.05, 0) is 43.5 Å². The lowest BCUT2D eigenvalue weighted by Gasteiger charge is -2.34. The van der Waals surface area contributed by atoms with Crippen molar-refractivity contribution in [1.29, 1.82) is 0 Å². The van der Waals surface area contributed by atoms with Crippen molar-refractivity contribution in [3.63, 3.8) is 0 Å². The van der Waals surface area contributed by atoms with Crippen molar-refractivity contribution in [2.24, 2.45) is 5.73 Å². The average Bonchev–Trinajstić information content (AvgIpc) is 3.22. The molecule has 0 unspecified atom stereocenters. The maximum atomic E-state index is 6.22. The highest BCUT2D eigenvalue weighted by Gasteiger charge is 2.39. The lowest BCUT2D eigenvalue weighted by Crippen LogP contribution is -2.44. The van der Waals surface area contributed by atoms with Gasteiger partial charge in [0.2, 0.25) is 0 Å². The molecule has 2 aromatic heterocycles. The average molecular weight is 380 g/mol. The van der Waals surface area contributed by atoms with Gasteiger partial charge in [-0.1, -0.05) is 5.16 Å². The molecule has 0 aliphatic heterocycles. The molecule has 1 saturated carbocycles. The van der Waals surface area contributed by atoms with Gasteiger partial charge in [0.05, 0.1) is 12.6 Å². The molecule has 1 aliphatic rings. The molecule has 4 rings (SSSR count). The van der Waals surface area contributed by atoms with E-state index in [1.54, 1.807) is 7.11 Å². The molecule has 0 bridgehead atoms. The normalized spacial score (nSPS) is 15.1. The Kier molecular flexibility index (Phi) is 4.94. The van der Waals surface area contributed by atoms with Crippen LogP contribution in [-0.4, -0.2) is 22.2 Å². The van der Waals surface area contributed by atoms with Gasteiger partial charge in [0.1, 0.15) is 11.4 Å². The van der Waals surface area contributed by atoms with E-state index in [9.17, 15) is 0 Å². The number of nitrogens with two attached hydrogens (primary N) is 1. The van der Waals surface area contributed by atoms with Gasteiger partial charge in [0.25, 0.3) is 5.89 Å². The maximum absolute atomic E-state index is 6.22. The van der Waals surface area contributed by atoms with Crippen LogP contribution in [0, 0.1) is 0 Å². The van der Waals surface area contributed by atoms with Crippen LogP contribution >= 0.6 is 23.7 Å². The predicted molar refractivity (Wildman–Crippen MR) is 98.6 cm³/mol. The van der Waals surface area contributed by atoms with Gasteiger partial charge >= 0.3 is 0 Å². The first-order valence-corrected chi connectivity index (χ1v) is 8.54. The zero-order valence-electron chi connectivity index (χ0n) is 13.6. The summed E-state index contributed by atoms with van der Waals surface area (Å²) < 4.78 is 10.5. The van der Waals surface area contributed by atoms with E-state index in [1.165, 1.54) is 11.3 Å². The number of aromatic nitrogens is 3. The number of methoxy groups -OCH3 is 1. The van der Waals surface area contributed by atoms with E-state index >= 15 is 0 Å². The topological polar surface area (TPSA) is 99.1 Å². The second kappa shape index (κ2) is 6.99. The number of halogens is 1. The van der Waals surface area contributed by atoms with Crippen molar-refractivity contribution in [2.45, 2.75) is 24.8 Å². The zero-order valence-corrected chi connectivity index (χ0v) is 15.2. The van der Waals surface area contributed by atoms with Crippen LogP contribution in [0.5, 0.6) is 5.75 Å². The van der Waals surface area contributed by atoms with Crippen molar-refractivity contribution < 1.29 is 9.26 Å². The first-order valence-electron chi connectivity index (χ1n) is 7.66. The zero-order chi connectivity index (χ0) is 16.6. The lowest BCUT2D eigenvalue weighted by molar-refractivity contribution is 0.229. The number of benzene rings is 1.